The second kappa shape index (κ2) is 4.80. The van der Waals surface area contributed by atoms with Crippen LogP contribution < -0.4 is 4.72 Å². The lowest BCUT2D eigenvalue weighted by molar-refractivity contribution is 0.134. The van der Waals surface area contributed by atoms with Gasteiger partial charge in [0.1, 0.15) is 0 Å². The van der Waals surface area contributed by atoms with Crippen molar-refractivity contribution >= 4 is 10.0 Å². The minimum absolute atomic E-state index is 0.0495. The Labute approximate surface area is 102 Å². The molecule has 2 rings (SSSR count). The molecule has 2 unspecified atom stereocenters. The molecule has 1 aromatic rings. The summed E-state index contributed by atoms with van der Waals surface area (Å²) in [6.07, 6.45) is 5.52. The highest BCUT2D eigenvalue weighted by atomic mass is 32.2. The summed E-state index contributed by atoms with van der Waals surface area (Å²) < 4.78 is 28.1. The van der Waals surface area contributed by atoms with Gasteiger partial charge in [-0.3, -0.25) is 0 Å². The first-order chi connectivity index (χ1) is 7.99. The van der Waals surface area contributed by atoms with Gasteiger partial charge in [0.15, 0.2) is 0 Å². The molecule has 0 saturated heterocycles. The Morgan fingerprint density at radius 1 is 1.53 bits per heavy atom. The molecule has 5 nitrogen and oxygen atoms in total. The van der Waals surface area contributed by atoms with Crippen LogP contribution in [0.15, 0.2) is 23.4 Å². The Balaban J connectivity index is 1.98. The van der Waals surface area contributed by atoms with Crippen LogP contribution in [0, 0.1) is 5.92 Å². The van der Waals surface area contributed by atoms with Crippen LogP contribution in [0.1, 0.15) is 19.3 Å². The first-order valence-electron chi connectivity index (χ1n) is 5.79. The lowest BCUT2D eigenvalue weighted by Gasteiger charge is -2.14. The molecule has 0 radical (unpaired) electrons. The van der Waals surface area contributed by atoms with E-state index in [1.54, 1.807) is 30.1 Å². The van der Waals surface area contributed by atoms with Crippen molar-refractivity contribution in [2.75, 3.05) is 6.54 Å². The van der Waals surface area contributed by atoms with E-state index in [1.165, 1.54) is 0 Å². The molecule has 0 spiro atoms. The number of rotatable bonds is 4. The maximum atomic E-state index is 11.9. The van der Waals surface area contributed by atoms with E-state index in [2.05, 4.69) is 4.72 Å². The molecule has 0 aromatic carbocycles. The monoisotopic (exact) mass is 258 g/mol. The van der Waals surface area contributed by atoms with Crippen molar-refractivity contribution in [2.45, 2.75) is 30.3 Å². The number of sulfonamides is 1. The van der Waals surface area contributed by atoms with E-state index < -0.39 is 10.0 Å². The van der Waals surface area contributed by atoms with Gasteiger partial charge >= 0.3 is 0 Å². The van der Waals surface area contributed by atoms with Gasteiger partial charge in [0.05, 0.1) is 11.0 Å². The molecule has 0 aliphatic heterocycles. The van der Waals surface area contributed by atoms with E-state index in [9.17, 15) is 13.5 Å². The Morgan fingerprint density at radius 3 is 2.82 bits per heavy atom. The number of nitrogens with one attached hydrogen (secondary N) is 1. The summed E-state index contributed by atoms with van der Waals surface area (Å²) in [5.41, 5.74) is 0. The lowest BCUT2D eigenvalue weighted by Crippen LogP contribution is -2.32. The van der Waals surface area contributed by atoms with Crippen LogP contribution in [0.2, 0.25) is 0 Å². The zero-order valence-electron chi connectivity index (χ0n) is 9.83. The fourth-order valence-corrected chi connectivity index (χ4v) is 3.34. The van der Waals surface area contributed by atoms with Crippen LogP contribution in [0.25, 0.3) is 0 Å². The number of aryl methyl sites for hydroxylation is 1. The largest absolute Gasteiger partial charge is 0.393 e. The minimum atomic E-state index is -3.43. The third kappa shape index (κ3) is 2.88. The fraction of sp³-hybridized carbons (Fsp3) is 0.636. The van der Waals surface area contributed by atoms with Crippen molar-refractivity contribution in [3.63, 3.8) is 0 Å². The lowest BCUT2D eigenvalue weighted by atomic mass is 10.1. The van der Waals surface area contributed by atoms with Crippen molar-refractivity contribution in [1.29, 1.82) is 0 Å². The molecule has 96 valence electrons. The average Bonchev–Trinajstić information content (AvgIpc) is 2.85. The van der Waals surface area contributed by atoms with Crippen LogP contribution in [-0.4, -0.2) is 30.7 Å². The Kier molecular flexibility index (Phi) is 3.56. The van der Waals surface area contributed by atoms with Gasteiger partial charge < -0.3 is 9.67 Å². The van der Waals surface area contributed by atoms with Gasteiger partial charge in [-0.1, -0.05) is 6.42 Å². The molecule has 1 aromatic heterocycles. The highest BCUT2D eigenvalue weighted by Crippen LogP contribution is 2.25. The molecule has 2 N–H and O–H groups in total. The van der Waals surface area contributed by atoms with Gasteiger partial charge in [0, 0.05) is 26.0 Å². The average molecular weight is 258 g/mol. The smallest absolute Gasteiger partial charge is 0.242 e. The Bertz CT molecular complexity index is 481. The molecule has 0 amide bonds. The molecular weight excluding hydrogens is 240 g/mol. The van der Waals surface area contributed by atoms with Crippen molar-refractivity contribution < 1.29 is 13.5 Å². The Morgan fingerprint density at radius 2 is 2.29 bits per heavy atom. The van der Waals surface area contributed by atoms with Gasteiger partial charge in [0.2, 0.25) is 10.0 Å². The molecule has 17 heavy (non-hydrogen) atoms. The van der Waals surface area contributed by atoms with Crippen molar-refractivity contribution in [2.24, 2.45) is 13.0 Å². The summed E-state index contributed by atoms with van der Waals surface area (Å²) in [5, 5.41) is 9.62. The zero-order chi connectivity index (χ0) is 12.5. The molecule has 2 atom stereocenters. The summed E-state index contributed by atoms with van der Waals surface area (Å²) in [6.45, 7) is 0.318. The Hall–Kier alpha value is -0.850. The fourth-order valence-electron chi connectivity index (χ4n) is 2.19. The van der Waals surface area contributed by atoms with Crippen LogP contribution in [-0.2, 0) is 17.1 Å². The van der Waals surface area contributed by atoms with Crippen molar-refractivity contribution in [3.8, 4) is 0 Å². The predicted molar refractivity (Wildman–Crippen MR) is 63.9 cm³/mol. The maximum absolute atomic E-state index is 11.9. The van der Waals surface area contributed by atoms with E-state index in [1.807, 2.05) is 0 Å². The summed E-state index contributed by atoms with van der Waals surface area (Å²) in [6, 6.07) is 1.56. The normalized spacial score (nSPS) is 25.3. The molecule has 1 heterocycles. The number of aromatic nitrogens is 1. The van der Waals surface area contributed by atoms with E-state index in [0.717, 1.165) is 19.3 Å². The number of hydrogen-bond donors (Lipinski definition) is 2. The van der Waals surface area contributed by atoms with Crippen LogP contribution in [0.4, 0.5) is 0 Å². The summed E-state index contributed by atoms with van der Waals surface area (Å²) in [4.78, 5) is 0.271. The van der Waals surface area contributed by atoms with Gasteiger partial charge in [-0.25, -0.2) is 13.1 Å². The van der Waals surface area contributed by atoms with Gasteiger partial charge in [-0.05, 0) is 24.8 Å². The van der Waals surface area contributed by atoms with E-state index in [-0.39, 0.29) is 16.9 Å². The molecule has 1 saturated carbocycles. The standard InChI is InChI=1S/C11H18N2O3S/c1-13-6-5-10(8-13)17(15,16)12-7-9-3-2-4-11(9)14/h5-6,8-9,11-12,14H,2-4,7H2,1H3. The maximum Gasteiger partial charge on any atom is 0.242 e. The summed E-state index contributed by atoms with van der Waals surface area (Å²) in [7, 11) is -1.65. The second-order valence-electron chi connectivity index (χ2n) is 4.62. The third-order valence-electron chi connectivity index (χ3n) is 3.27. The number of nitrogens with zero attached hydrogens (tertiary/aromatic N) is 1. The molecule has 1 fully saturated rings. The molecule has 0 bridgehead atoms. The quantitative estimate of drug-likeness (QED) is 0.824. The first-order valence-corrected chi connectivity index (χ1v) is 7.27. The van der Waals surface area contributed by atoms with Crippen LogP contribution in [0.5, 0.6) is 0 Å². The van der Waals surface area contributed by atoms with Crippen molar-refractivity contribution in [3.05, 3.63) is 18.5 Å². The highest BCUT2D eigenvalue weighted by Gasteiger charge is 2.26. The number of aliphatic hydroxyl groups excluding tert-OH is 1. The number of aliphatic hydroxyl groups is 1. The first kappa shape index (κ1) is 12.6. The zero-order valence-corrected chi connectivity index (χ0v) is 10.7. The third-order valence-corrected chi connectivity index (χ3v) is 4.68. The molecular formula is C11H18N2O3S. The van der Waals surface area contributed by atoms with Gasteiger partial charge in [-0.15, -0.1) is 0 Å². The topological polar surface area (TPSA) is 71.3 Å². The van der Waals surface area contributed by atoms with E-state index >= 15 is 0 Å². The van der Waals surface area contributed by atoms with Gasteiger partial charge in [-0.2, -0.15) is 0 Å². The molecule has 6 heteroatoms. The van der Waals surface area contributed by atoms with Crippen LogP contribution >= 0.6 is 0 Å². The van der Waals surface area contributed by atoms with E-state index in [4.69, 9.17) is 0 Å². The highest BCUT2D eigenvalue weighted by molar-refractivity contribution is 7.89. The summed E-state index contributed by atoms with van der Waals surface area (Å²) in [5.74, 6) is 0.0495. The minimum Gasteiger partial charge on any atom is -0.393 e. The molecule has 1 aliphatic carbocycles. The second-order valence-corrected chi connectivity index (χ2v) is 6.39. The molecule has 1 aliphatic rings. The van der Waals surface area contributed by atoms with Crippen molar-refractivity contribution in [1.82, 2.24) is 9.29 Å². The summed E-state index contributed by atoms with van der Waals surface area (Å²) >= 11 is 0. The predicted octanol–water partition coefficient (Wildman–Crippen LogP) is 0.464. The van der Waals surface area contributed by atoms with Gasteiger partial charge in [0.25, 0.3) is 0 Å². The number of hydrogen-bond acceptors (Lipinski definition) is 3. The van der Waals surface area contributed by atoms with E-state index in [0.29, 0.717) is 6.54 Å². The SMILES string of the molecule is Cn1ccc(S(=O)(=O)NCC2CCCC2O)c1. The van der Waals surface area contributed by atoms with Crippen LogP contribution in [0.3, 0.4) is 0 Å².